The number of alkyl halides is 3. The molecule has 0 aliphatic rings. The van der Waals surface area contributed by atoms with E-state index in [-0.39, 0.29) is 5.19 Å². The van der Waals surface area contributed by atoms with Gasteiger partial charge in [0.2, 0.25) is 0 Å². The van der Waals surface area contributed by atoms with E-state index in [0.717, 1.165) is 0 Å². The maximum Gasteiger partial charge on any atom is 0.398 e. The van der Waals surface area contributed by atoms with E-state index in [1.807, 2.05) is 0 Å². The van der Waals surface area contributed by atoms with Crippen molar-refractivity contribution >= 4 is 34.0 Å². The van der Waals surface area contributed by atoms with Crippen LogP contribution in [0.3, 0.4) is 0 Å². The van der Waals surface area contributed by atoms with E-state index in [0.29, 0.717) is 0 Å². The molecule has 1 aromatic rings. The Hall–Kier alpha value is -0.193. The van der Waals surface area contributed by atoms with Gasteiger partial charge in [-0.3, -0.25) is 0 Å². The third kappa shape index (κ3) is 2.18. The molecule has 72 valence electrons. The Morgan fingerprint density at radius 1 is 1.00 bits per heavy atom. The molecule has 0 saturated carbocycles. The summed E-state index contributed by atoms with van der Waals surface area (Å²) in [5, 5.41) is -0.0363. The second-order valence-corrected chi connectivity index (χ2v) is 8.71. The summed E-state index contributed by atoms with van der Waals surface area (Å²) >= 11 is 10.6. The highest BCUT2D eigenvalue weighted by Gasteiger charge is 2.57. The predicted octanol–water partition coefficient (Wildman–Crippen LogP) is 2.91. The van der Waals surface area contributed by atoms with Crippen molar-refractivity contribution in [1.29, 1.82) is 0 Å². The summed E-state index contributed by atoms with van der Waals surface area (Å²) in [5.74, 6) is -4.53. The van der Waals surface area contributed by atoms with Crippen LogP contribution >= 0.6 is 22.2 Å². The van der Waals surface area contributed by atoms with Crippen LogP contribution in [0.15, 0.2) is 30.3 Å². The molecule has 0 fully saturated rings. The van der Waals surface area contributed by atoms with Crippen molar-refractivity contribution in [3.05, 3.63) is 30.3 Å². The lowest BCUT2D eigenvalue weighted by Crippen LogP contribution is -2.51. The van der Waals surface area contributed by atoms with E-state index in [4.69, 9.17) is 22.2 Å². The summed E-state index contributed by atoms with van der Waals surface area (Å²) < 4.78 is 37.0. The van der Waals surface area contributed by atoms with Crippen molar-refractivity contribution in [2.24, 2.45) is 0 Å². The molecule has 0 heterocycles. The van der Waals surface area contributed by atoms with Crippen LogP contribution in [0.4, 0.5) is 13.2 Å². The maximum atomic E-state index is 12.3. The van der Waals surface area contributed by atoms with Crippen LogP contribution < -0.4 is 5.19 Å². The molecule has 0 saturated heterocycles. The monoisotopic (exact) mass is 244 g/mol. The first-order valence-corrected chi connectivity index (χ1v) is 7.38. The minimum absolute atomic E-state index is 0.0363. The largest absolute Gasteiger partial charge is 0.398 e. The highest BCUT2D eigenvalue weighted by atomic mass is 35.7. The van der Waals surface area contributed by atoms with Crippen molar-refractivity contribution in [2.45, 2.75) is 5.80 Å². The van der Waals surface area contributed by atoms with E-state index < -0.39 is 12.5 Å². The van der Waals surface area contributed by atoms with Gasteiger partial charge in [-0.1, -0.05) is 30.3 Å². The lowest BCUT2D eigenvalue weighted by Gasteiger charge is -2.19. The zero-order chi connectivity index (χ0) is 10.1. The molecule has 1 rings (SSSR count). The van der Waals surface area contributed by atoms with Crippen molar-refractivity contribution < 1.29 is 13.2 Å². The van der Waals surface area contributed by atoms with Gasteiger partial charge in [0.05, 0.1) is 0 Å². The fourth-order valence-electron chi connectivity index (χ4n) is 0.811. The van der Waals surface area contributed by atoms with E-state index in [1.54, 1.807) is 6.07 Å². The second-order valence-electron chi connectivity index (χ2n) is 2.44. The van der Waals surface area contributed by atoms with E-state index in [1.165, 1.54) is 24.3 Å². The Morgan fingerprint density at radius 3 is 1.85 bits per heavy atom. The first-order chi connectivity index (χ1) is 5.86. The standard InChI is InChI=1S/C7H5Cl2F3Si/c8-13(9,7(10,11)12)6-4-2-1-3-5-6/h1-5H. The van der Waals surface area contributed by atoms with E-state index in [2.05, 4.69) is 0 Å². The molecule has 13 heavy (non-hydrogen) atoms. The third-order valence-corrected chi connectivity index (χ3v) is 5.86. The topological polar surface area (TPSA) is 0 Å². The minimum atomic E-state index is -4.53. The van der Waals surface area contributed by atoms with Crippen molar-refractivity contribution in [3.8, 4) is 0 Å². The highest BCUT2D eigenvalue weighted by molar-refractivity contribution is 7.51. The number of halogens is 5. The summed E-state index contributed by atoms with van der Waals surface area (Å²) in [6, 6.07) is 7.15. The maximum absolute atomic E-state index is 12.3. The third-order valence-electron chi connectivity index (χ3n) is 1.49. The molecule has 0 nitrogen and oxygen atoms in total. The first-order valence-electron chi connectivity index (χ1n) is 3.36. The molecular weight excluding hydrogens is 240 g/mol. The van der Waals surface area contributed by atoms with E-state index in [9.17, 15) is 13.2 Å². The molecule has 0 aliphatic heterocycles. The zero-order valence-corrected chi connectivity index (χ0v) is 8.79. The van der Waals surface area contributed by atoms with Crippen molar-refractivity contribution in [3.63, 3.8) is 0 Å². The van der Waals surface area contributed by atoms with Crippen LogP contribution in [0, 0.1) is 0 Å². The average Bonchev–Trinajstić information content (AvgIpc) is 2.04. The Labute approximate surface area is 83.7 Å². The molecule has 1 aromatic carbocycles. The van der Waals surface area contributed by atoms with Crippen LogP contribution in [-0.2, 0) is 0 Å². The minimum Gasteiger partial charge on any atom is -0.173 e. The fraction of sp³-hybridized carbons (Fsp3) is 0.143. The van der Waals surface area contributed by atoms with Crippen LogP contribution in [0.5, 0.6) is 0 Å². The van der Waals surface area contributed by atoms with Gasteiger partial charge in [-0.2, -0.15) is 13.2 Å². The molecule has 0 atom stereocenters. The summed E-state index contributed by atoms with van der Waals surface area (Å²) in [6.45, 7) is -4.34. The fourth-order valence-corrected chi connectivity index (χ4v) is 2.51. The zero-order valence-electron chi connectivity index (χ0n) is 6.28. The molecule has 6 heteroatoms. The van der Waals surface area contributed by atoms with Crippen LogP contribution in [-0.4, -0.2) is 12.5 Å². The summed E-state index contributed by atoms with van der Waals surface area (Å²) in [7, 11) is 0. The van der Waals surface area contributed by atoms with Crippen molar-refractivity contribution in [1.82, 2.24) is 0 Å². The molecule has 0 aliphatic carbocycles. The van der Waals surface area contributed by atoms with Gasteiger partial charge in [0.25, 0.3) is 0 Å². The van der Waals surface area contributed by atoms with Crippen LogP contribution in [0.25, 0.3) is 0 Å². The van der Waals surface area contributed by atoms with Crippen LogP contribution in [0.1, 0.15) is 0 Å². The lowest BCUT2D eigenvalue weighted by atomic mass is 10.4. The normalized spacial score (nSPS) is 13.0. The molecule has 0 bridgehead atoms. The summed E-state index contributed by atoms with van der Waals surface area (Å²) in [5.41, 5.74) is 0. The van der Waals surface area contributed by atoms with E-state index >= 15 is 0 Å². The lowest BCUT2D eigenvalue weighted by molar-refractivity contribution is -0.0491. The van der Waals surface area contributed by atoms with Gasteiger partial charge in [0.1, 0.15) is 0 Å². The predicted molar refractivity (Wildman–Crippen MR) is 49.6 cm³/mol. The second kappa shape index (κ2) is 3.51. The first kappa shape index (κ1) is 10.9. The average molecular weight is 245 g/mol. The van der Waals surface area contributed by atoms with Crippen LogP contribution in [0.2, 0.25) is 0 Å². The number of hydrogen-bond donors (Lipinski definition) is 0. The summed E-state index contributed by atoms with van der Waals surface area (Å²) in [6.07, 6.45) is 0. The molecule has 0 unspecified atom stereocenters. The van der Waals surface area contributed by atoms with Gasteiger partial charge in [0, 0.05) is 0 Å². The highest BCUT2D eigenvalue weighted by Crippen LogP contribution is 2.34. The quantitative estimate of drug-likeness (QED) is 0.527. The molecule has 0 spiro atoms. The number of benzene rings is 1. The Kier molecular flexibility index (Phi) is 2.94. The summed E-state index contributed by atoms with van der Waals surface area (Å²) in [4.78, 5) is 0. The van der Waals surface area contributed by atoms with Gasteiger partial charge in [-0.05, 0) is 5.19 Å². The van der Waals surface area contributed by atoms with Crippen molar-refractivity contribution in [2.75, 3.05) is 0 Å². The van der Waals surface area contributed by atoms with Gasteiger partial charge in [-0.15, -0.1) is 22.2 Å². The molecule has 0 radical (unpaired) electrons. The molecule has 0 N–H and O–H groups in total. The Balaban J connectivity index is 3.08. The van der Waals surface area contributed by atoms with Gasteiger partial charge < -0.3 is 0 Å². The number of hydrogen-bond acceptors (Lipinski definition) is 0. The SMILES string of the molecule is FC(F)(F)[Si](Cl)(Cl)c1ccccc1. The molecule has 0 amide bonds. The molecular formula is C7H5Cl2F3Si. The van der Waals surface area contributed by atoms with Gasteiger partial charge in [0.15, 0.2) is 0 Å². The van der Waals surface area contributed by atoms with Gasteiger partial charge >= 0.3 is 12.5 Å². The molecule has 0 aromatic heterocycles. The number of rotatable bonds is 1. The Bertz CT molecular complexity index is 284. The Morgan fingerprint density at radius 2 is 1.46 bits per heavy atom. The van der Waals surface area contributed by atoms with Gasteiger partial charge in [-0.25, -0.2) is 0 Å². The smallest absolute Gasteiger partial charge is 0.173 e.